The monoisotopic (exact) mass is 433 g/mol. The predicted molar refractivity (Wildman–Crippen MR) is 116 cm³/mol. The average Bonchev–Trinajstić information content (AvgIpc) is 2.66. The number of carbonyl (C=O) groups is 2. The molecule has 0 bridgehead atoms. The van der Waals surface area contributed by atoms with Crippen molar-refractivity contribution in [3.63, 3.8) is 0 Å². The van der Waals surface area contributed by atoms with Crippen molar-refractivity contribution in [3.8, 4) is 11.5 Å². The van der Waals surface area contributed by atoms with Gasteiger partial charge in [0.05, 0.1) is 25.2 Å². The molecular formula is C23H28ClNO5. The van der Waals surface area contributed by atoms with E-state index in [1.165, 1.54) is 0 Å². The molecule has 162 valence electrons. The van der Waals surface area contributed by atoms with Crippen molar-refractivity contribution < 1.29 is 24.2 Å². The van der Waals surface area contributed by atoms with Crippen LogP contribution >= 0.6 is 11.6 Å². The third-order valence-corrected chi connectivity index (χ3v) is 4.55. The second kappa shape index (κ2) is 11.5. The number of halogens is 1. The van der Waals surface area contributed by atoms with Gasteiger partial charge in [-0.25, -0.2) is 0 Å². The van der Waals surface area contributed by atoms with Crippen molar-refractivity contribution in [1.29, 1.82) is 0 Å². The molecule has 2 aromatic rings. The Labute approximate surface area is 182 Å². The molecule has 0 aromatic heterocycles. The van der Waals surface area contributed by atoms with E-state index in [9.17, 15) is 14.7 Å². The van der Waals surface area contributed by atoms with Crippen LogP contribution in [0.5, 0.6) is 11.5 Å². The van der Waals surface area contributed by atoms with E-state index in [0.717, 1.165) is 16.9 Å². The van der Waals surface area contributed by atoms with Crippen LogP contribution in [0.25, 0.3) is 0 Å². The minimum Gasteiger partial charge on any atom is -0.493 e. The van der Waals surface area contributed by atoms with Crippen LogP contribution < -0.4 is 14.8 Å². The summed E-state index contributed by atoms with van der Waals surface area (Å²) < 4.78 is 11.3. The molecule has 0 aliphatic carbocycles. The number of carbonyl (C=O) groups excluding carboxylic acids is 1. The second-order valence-corrected chi connectivity index (χ2v) is 7.75. The van der Waals surface area contributed by atoms with E-state index in [0.29, 0.717) is 23.8 Å². The fourth-order valence-corrected chi connectivity index (χ4v) is 3.16. The fourth-order valence-electron chi connectivity index (χ4n) is 2.93. The Hall–Kier alpha value is -2.73. The SMILES string of the molecule is Cc1cc(Cl)ccc1OCCCC(=O)N[C@H](CC(=O)O)c1ccc(OC(C)C)cc1. The van der Waals surface area contributed by atoms with Crippen LogP contribution in [0.1, 0.15) is 50.3 Å². The summed E-state index contributed by atoms with van der Waals surface area (Å²) in [5.74, 6) is 0.223. The zero-order chi connectivity index (χ0) is 22.1. The van der Waals surface area contributed by atoms with Gasteiger partial charge in [-0.2, -0.15) is 0 Å². The molecule has 30 heavy (non-hydrogen) atoms. The molecule has 1 atom stereocenters. The van der Waals surface area contributed by atoms with Crippen molar-refractivity contribution in [2.75, 3.05) is 6.61 Å². The first-order valence-corrected chi connectivity index (χ1v) is 10.3. The summed E-state index contributed by atoms with van der Waals surface area (Å²) >= 11 is 5.93. The topological polar surface area (TPSA) is 84.9 Å². The standard InChI is InChI=1S/C23H28ClNO5/c1-15(2)30-19-9-6-17(7-10-19)20(14-23(27)28)25-22(26)5-4-12-29-21-11-8-18(24)13-16(21)3/h6-11,13,15,20H,4-5,12,14H2,1-3H3,(H,25,26)(H,27,28)/t20-/m1/s1. The largest absolute Gasteiger partial charge is 0.493 e. The smallest absolute Gasteiger partial charge is 0.305 e. The van der Waals surface area contributed by atoms with E-state index in [-0.39, 0.29) is 24.9 Å². The van der Waals surface area contributed by atoms with Gasteiger partial charge in [-0.15, -0.1) is 0 Å². The van der Waals surface area contributed by atoms with Gasteiger partial charge in [-0.1, -0.05) is 23.7 Å². The third kappa shape index (κ3) is 7.95. The molecule has 2 rings (SSSR count). The molecule has 0 fully saturated rings. The van der Waals surface area contributed by atoms with Crippen molar-refractivity contribution >= 4 is 23.5 Å². The highest BCUT2D eigenvalue weighted by molar-refractivity contribution is 6.30. The molecule has 0 aliphatic heterocycles. The fraction of sp³-hybridized carbons (Fsp3) is 0.391. The zero-order valence-corrected chi connectivity index (χ0v) is 18.2. The van der Waals surface area contributed by atoms with Crippen LogP contribution in [-0.4, -0.2) is 29.7 Å². The van der Waals surface area contributed by atoms with Gasteiger partial charge in [0.1, 0.15) is 11.5 Å². The Morgan fingerprint density at radius 1 is 1.13 bits per heavy atom. The number of amides is 1. The van der Waals surface area contributed by atoms with E-state index in [4.69, 9.17) is 21.1 Å². The maximum atomic E-state index is 12.3. The lowest BCUT2D eigenvalue weighted by Crippen LogP contribution is -2.30. The van der Waals surface area contributed by atoms with E-state index >= 15 is 0 Å². The molecule has 7 heteroatoms. The van der Waals surface area contributed by atoms with Crippen LogP contribution in [0.3, 0.4) is 0 Å². The van der Waals surface area contributed by atoms with Gasteiger partial charge in [-0.3, -0.25) is 9.59 Å². The molecule has 1 amide bonds. The highest BCUT2D eigenvalue weighted by Gasteiger charge is 2.18. The van der Waals surface area contributed by atoms with Gasteiger partial charge in [0, 0.05) is 11.4 Å². The molecule has 0 saturated heterocycles. The Bertz CT molecular complexity index is 851. The molecule has 6 nitrogen and oxygen atoms in total. The highest BCUT2D eigenvalue weighted by Crippen LogP contribution is 2.23. The summed E-state index contributed by atoms with van der Waals surface area (Å²) in [4.78, 5) is 23.6. The van der Waals surface area contributed by atoms with Gasteiger partial charge < -0.3 is 19.9 Å². The van der Waals surface area contributed by atoms with Gasteiger partial charge in [0.2, 0.25) is 5.91 Å². The molecule has 0 unspecified atom stereocenters. The third-order valence-electron chi connectivity index (χ3n) is 4.31. The van der Waals surface area contributed by atoms with E-state index in [1.807, 2.05) is 26.8 Å². The van der Waals surface area contributed by atoms with Crippen molar-refractivity contribution in [2.24, 2.45) is 0 Å². The summed E-state index contributed by atoms with van der Waals surface area (Å²) in [6, 6.07) is 11.9. The number of aliphatic carboxylic acids is 1. The maximum Gasteiger partial charge on any atom is 0.305 e. The quantitative estimate of drug-likeness (QED) is 0.491. The predicted octanol–water partition coefficient (Wildman–Crippen LogP) is 4.93. The van der Waals surface area contributed by atoms with Crippen LogP contribution in [-0.2, 0) is 9.59 Å². The van der Waals surface area contributed by atoms with Gasteiger partial charge in [0.25, 0.3) is 0 Å². The molecule has 0 heterocycles. The number of rotatable bonds is 11. The van der Waals surface area contributed by atoms with Crippen LogP contribution in [0, 0.1) is 6.92 Å². The highest BCUT2D eigenvalue weighted by atomic mass is 35.5. The molecule has 0 radical (unpaired) electrons. The average molecular weight is 434 g/mol. The normalized spacial score (nSPS) is 11.8. The Morgan fingerprint density at radius 3 is 2.43 bits per heavy atom. The number of hydrogen-bond donors (Lipinski definition) is 2. The van der Waals surface area contributed by atoms with Gasteiger partial charge >= 0.3 is 5.97 Å². The number of carboxylic acid groups (broad SMARTS) is 1. The minimum atomic E-state index is -0.982. The number of carboxylic acids is 1. The number of benzene rings is 2. The summed E-state index contributed by atoms with van der Waals surface area (Å²) in [7, 11) is 0. The van der Waals surface area contributed by atoms with E-state index in [2.05, 4.69) is 5.32 Å². The first-order valence-electron chi connectivity index (χ1n) is 9.91. The van der Waals surface area contributed by atoms with Crippen molar-refractivity contribution in [1.82, 2.24) is 5.32 Å². The summed E-state index contributed by atoms with van der Waals surface area (Å²) in [5, 5.41) is 12.7. The second-order valence-electron chi connectivity index (χ2n) is 7.32. The van der Waals surface area contributed by atoms with Crippen LogP contribution in [0.15, 0.2) is 42.5 Å². The lowest BCUT2D eigenvalue weighted by Gasteiger charge is -2.18. The summed E-state index contributed by atoms with van der Waals surface area (Å²) in [5.41, 5.74) is 1.65. The van der Waals surface area contributed by atoms with E-state index in [1.54, 1.807) is 36.4 Å². The maximum absolute atomic E-state index is 12.3. The van der Waals surface area contributed by atoms with Crippen molar-refractivity contribution in [2.45, 2.75) is 52.2 Å². The van der Waals surface area contributed by atoms with E-state index < -0.39 is 12.0 Å². The number of hydrogen-bond acceptors (Lipinski definition) is 4. The zero-order valence-electron chi connectivity index (χ0n) is 17.5. The number of ether oxygens (including phenoxy) is 2. The molecule has 2 aromatic carbocycles. The first kappa shape index (κ1) is 23.5. The lowest BCUT2D eigenvalue weighted by molar-refractivity contribution is -0.137. The minimum absolute atomic E-state index is 0.0456. The van der Waals surface area contributed by atoms with Gasteiger partial charge in [-0.05, 0) is 68.7 Å². The number of aryl methyl sites for hydroxylation is 1. The Kier molecular flexibility index (Phi) is 8.99. The van der Waals surface area contributed by atoms with Crippen molar-refractivity contribution in [3.05, 3.63) is 58.6 Å². The van der Waals surface area contributed by atoms with Crippen LogP contribution in [0.2, 0.25) is 5.02 Å². The molecule has 0 saturated carbocycles. The molecule has 0 spiro atoms. The molecule has 0 aliphatic rings. The Balaban J connectivity index is 1.87. The van der Waals surface area contributed by atoms with Crippen LogP contribution in [0.4, 0.5) is 0 Å². The lowest BCUT2D eigenvalue weighted by atomic mass is 10.0. The number of nitrogens with one attached hydrogen (secondary N) is 1. The summed E-state index contributed by atoms with van der Waals surface area (Å²) in [6.07, 6.45) is 0.590. The molecule has 2 N–H and O–H groups in total. The molecular weight excluding hydrogens is 406 g/mol. The summed E-state index contributed by atoms with van der Waals surface area (Å²) in [6.45, 7) is 6.14. The first-order chi connectivity index (χ1) is 14.2. The Morgan fingerprint density at radius 2 is 1.83 bits per heavy atom. The van der Waals surface area contributed by atoms with Gasteiger partial charge in [0.15, 0.2) is 0 Å².